The van der Waals surface area contributed by atoms with Crippen molar-refractivity contribution >= 4 is 11.0 Å². The standard InChI is InChI=1S/C17H21NO3/c19-16-7-12-21-17-13-14(5-6-15(16)17)20-11-4-3-10-18-8-1-2-9-18/h5-7,12-13H,1-4,8-11H2. The highest BCUT2D eigenvalue weighted by atomic mass is 16.5. The lowest BCUT2D eigenvalue weighted by molar-refractivity contribution is 0.280. The first-order chi connectivity index (χ1) is 10.3. The van der Waals surface area contributed by atoms with Gasteiger partial charge in [-0.1, -0.05) is 0 Å². The van der Waals surface area contributed by atoms with Gasteiger partial charge >= 0.3 is 0 Å². The number of fused-ring (bicyclic) bond motifs is 1. The smallest absolute Gasteiger partial charge is 0.192 e. The molecule has 0 aliphatic carbocycles. The Balaban J connectivity index is 1.48. The minimum Gasteiger partial charge on any atom is -0.493 e. The first kappa shape index (κ1) is 14.1. The molecule has 21 heavy (non-hydrogen) atoms. The summed E-state index contributed by atoms with van der Waals surface area (Å²) in [5.41, 5.74) is 0.561. The lowest BCUT2D eigenvalue weighted by Gasteiger charge is -2.14. The van der Waals surface area contributed by atoms with Gasteiger partial charge in [0.1, 0.15) is 11.3 Å². The van der Waals surface area contributed by atoms with Gasteiger partial charge in [0.15, 0.2) is 5.43 Å². The molecule has 1 aromatic carbocycles. The summed E-state index contributed by atoms with van der Waals surface area (Å²) < 4.78 is 11.1. The van der Waals surface area contributed by atoms with Crippen LogP contribution in [0.1, 0.15) is 25.7 Å². The number of hydrogen-bond donors (Lipinski definition) is 0. The number of benzene rings is 1. The predicted octanol–water partition coefficient (Wildman–Crippen LogP) is 3.05. The summed E-state index contributed by atoms with van der Waals surface area (Å²) >= 11 is 0. The molecule has 1 aromatic heterocycles. The Labute approximate surface area is 124 Å². The zero-order chi connectivity index (χ0) is 14.5. The molecule has 1 aliphatic heterocycles. The highest BCUT2D eigenvalue weighted by Crippen LogP contribution is 2.18. The zero-order valence-corrected chi connectivity index (χ0v) is 12.2. The fourth-order valence-corrected chi connectivity index (χ4v) is 2.79. The van der Waals surface area contributed by atoms with E-state index in [9.17, 15) is 4.79 Å². The van der Waals surface area contributed by atoms with Crippen molar-refractivity contribution in [3.8, 4) is 5.75 Å². The van der Waals surface area contributed by atoms with Gasteiger partial charge in [-0.3, -0.25) is 4.79 Å². The molecular weight excluding hydrogens is 266 g/mol. The van der Waals surface area contributed by atoms with Crippen molar-refractivity contribution in [2.24, 2.45) is 0 Å². The van der Waals surface area contributed by atoms with Crippen LogP contribution < -0.4 is 10.2 Å². The van der Waals surface area contributed by atoms with Crippen molar-refractivity contribution < 1.29 is 9.15 Å². The molecule has 2 heterocycles. The lowest BCUT2D eigenvalue weighted by Crippen LogP contribution is -2.20. The summed E-state index contributed by atoms with van der Waals surface area (Å²) in [6, 6.07) is 6.82. The number of hydrogen-bond acceptors (Lipinski definition) is 4. The van der Waals surface area contributed by atoms with E-state index in [1.54, 1.807) is 12.1 Å². The molecule has 4 nitrogen and oxygen atoms in total. The van der Waals surface area contributed by atoms with Crippen molar-refractivity contribution in [1.82, 2.24) is 4.90 Å². The van der Waals surface area contributed by atoms with Gasteiger partial charge in [0.2, 0.25) is 0 Å². The molecule has 0 atom stereocenters. The maximum atomic E-state index is 11.6. The maximum absolute atomic E-state index is 11.6. The van der Waals surface area contributed by atoms with Crippen molar-refractivity contribution in [3.63, 3.8) is 0 Å². The SMILES string of the molecule is O=c1ccoc2cc(OCCCCN3CCCC3)ccc12. The number of nitrogens with zero attached hydrogens (tertiary/aromatic N) is 1. The average Bonchev–Trinajstić information content (AvgIpc) is 3.00. The minimum atomic E-state index is -0.0200. The van der Waals surface area contributed by atoms with Crippen LogP contribution in [-0.2, 0) is 0 Å². The van der Waals surface area contributed by atoms with Gasteiger partial charge < -0.3 is 14.1 Å². The molecule has 0 radical (unpaired) electrons. The summed E-state index contributed by atoms with van der Waals surface area (Å²) in [4.78, 5) is 14.1. The van der Waals surface area contributed by atoms with Crippen LogP contribution in [0.25, 0.3) is 11.0 Å². The van der Waals surface area contributed by atoms with Crippen LogP contribution in [0.15, 0.2) is 39.7 Å². The predicted molar refractivity (Wildman–Crippen MR) is 82.9 cm³/mol. The van der Waals surface area contributed by atoms with E-state index >= 15 is 0 Å². The van der Waals surface area contributed by atoms with Crippen LogP contribution in [0.4, 0.5) is 0 Å². The summed E-state index contributed by atoms with van der Waals surface area (Å²) in [6.07, 6.45) is 6.33. The second kappa shape index (κ2) is 6.76. The molecule has 0 spiro atoms. The van der Waals surface area contributed by atoms with E-state index in [0.29, 0.717) is 17.6 Å². The van der Waals surface area contributed by atoms with E-state index < -0.39 is 0 Å². The molecule has 4 heteroatoms. The molecular formula is C17H21NO3. The van der Waals surface area contributed by atoms with Gasteiger partial charge in [-0.25, -0.2) is 0 Å². The number of ether oxygens (including phenoxy) is 1. The van der Waals surface area contributed by atoms with Gasteiger partial charge in [0.25, 0.3) is 0 Å². The molecule has 1 saturated heterocycles. The summed E-state index contributed by atoms with van der Waals surface area (Å²) in [6.45, 7) is 4.39. The molecule has 1 fully saturated rings. The Morgan fingerprint density at radius 1 is 1.14 bits per heavy atom. The van der Waals surface area contributed by atoms with Crippen molar-refractivity contribution in [2.75, 3.05) is 26.2 Å². The third kappa shape index (κ3) is 3.64. The van der Waals surface area contributed by atoms with E-state index in [4.69, 9.17) is 9.15 Å². The third-order valence-electron chi connectivity index (χ3n) is 3.97. The Morgan fingerprint density at radius 2 is 2.00 bits per heavy atom. The molecule has 2 aromatic rings. The monoisotopic (exact) mass is 287 g/mol. The largest absolute Gasteiger partial charge is 0.493 e. The number of likely N-dealkylation sites (tertiary alicyclic amines) is 1. The van der Waals surface area contributed by atoms with E-state index in [0.717, 1.165) is 12.2 Å². The molecule has 3 rings (SSSR count). The fourth-order valence-electron chi connectivity index (χ4n) is 2.79. The summed E-state index contributed by atoms with van der Waals surface area (Å²) in [5, 5.41) is 0.596. The Bertz CT molecular complexity index is 644. The topological polar surface area (TPSA) is 42.7 Å². The second-order valence-electron chi connectivity index (χ2n) is 5.55. The molecule has 0 bridgehead atoms. The summed E-state index contributed by atoms with van der Waals surface area (Å²) in [7, 11) is 0. The first-order valence-electron chi connectivity index (χ1n) is 7.70. The third-order valence-corrected chi connectivity index (χ3v) is 3.97. The number of rotatable bonds is 6. The minimum absolute atomic E-state index is 0.0200. The van der Waals surface area contributed by atoms with Crippen molar-refractivity contribution in [3.05, 3.63) is 40.8 Å². The van der Waals surface area contributed by atoms with Gasteiger partial charge in [-0.2, -0.15) is 0 Å². The second-order valence-corrected chi connectivity index (χ2v) is 5.55. The fraction of sp³-hybridized carbons (Fsp3) is 0.471. The van der Waals surface area contributed by atoms with Gasteiger partial charge in [0, 0.05) is 12.1 Å². The Hall–Kier alpha value is -1.81. The van der Waals surface area contributed by atoms with E-state index in [2.05, 4.69) is 4.90 Å². The van der Waals surface area contributed by atoms with Crippen molar-refractivity contribution in [1.29, 1.82) is 0 Å². The van der Waals surface area contributed by atoms with Crippen molar-refractivity contribution in [2.45, 2.75) is 25.7 Å². The highest BCUT2D eigenvalue weighted by Gasteiger charge is 2.10. The maximum Gasteiger partial charge on any atom is 0.192 e. The van der Waals surface area contributed by atoms with Gasteiger partial charge in [-0.15, -0.1) is 0 Å². The van der Waals surface area contributed by atoms with E-state index in [1.165, 1.54) is 51.2 Å². The van der Waals surface area contributed by atoms with Crippen LogP contribution >= 0.6 is 0 Å². The van der Waals surface area contributed by atoms with Gasteiger partial charge in [0.05, 0.1) is 18.3 Å². The molecule has 112 valence electrons. The Kier molecular flexibility index (Phi) is 4.55. The number of unbranched alkanes of at least 4 members (excludes halogenated alkanes) is 1. The molecule has 0 saturated carbocycles. The molecule has 0 N–H and O–H groups in total. The van der Waals surface area contributed by atoms with Crippen LogP contribution in [0.5, 0.6) is 5.75 Å². The van der Waals surface area contributed by atoms with E-state index in [1.807, 2.05) is 6.07 Å². The lowest BCUT2D eigenvalue weighted by atomic mass is 10.2. The van der Waals surface area contributed by atoms with Gasteiger partial charge in [-0.05, 0) is 57.5 Å². The highest BCUT2D eigenvalue weighted by molar-refractivity contribution is 5.77. The summed E-state index contributed by atoms with van der Waals surface area (Å²) in [5.74, 6) is 0.762. The zero-order valence-electron chi connectivity index (χ0n) is 12.2. The normalized spacial score (nSPS) is 15.6. The molecule has 0 unspecified atom stereocenters. The first-order valence-corrected chi connectivity index (χ1v) is 7.70. The average molecular weight is 287 g/mol. The van der Waals surface area contributed by atoms with Crippen LogP contribution in [-0.4, -0.2) is 31.1 Å². The molecule has 1 aliphatic rings. The van der Waals surface area contributed by atoms with Crippen LogP contribution in [0.3, 0.4) is 0 Å². The quantitative estimate of drug-likeness (QED) is 0.766. The van der Waals surface area contributed by atoms with E-state index in [-0.39, 0.29) is 5.43 Å². The Morgan fingerprint density at radius 3 is 2.86 bits per heavy atom. The molecule has 0 amide bonds. The van der Waals surface area contributed by atoms with Crippen LogP contribution in [0, 0.1) is 0 Å². The van der Waals surface area contributed by atoms with Crippen LogP contribution in [0.2, 0.25) is 0 Å².